The van der Waals surface area contributed by atoms with Crippen LogP contribution in [0.15, 0.2) is 18.2 Å². The molecule has 0 fully saturated rings. The van der Waals surface area contributed by atoms with Gasteiger partial charge in [-0.05, 0) is 12.1 Å². The molecule has 0 aliphatic heterocycles. The molecular weight excluding hydrogens is 242 g/mol. The molecule has 0 aliphatic rings. The number of nitrogens with zero attached hydrogens (tertiary/aromatic N) is 2. The SMILES string of the molecule is CN(C)c1ccc(C(N)=O)c([N+](O)(NO)NO)c1. The first-order valence-electron chi connectivity index (χ1n) is 4.92. The van der Waals surface area contributed by atoms with Gasteiger partial charge in [0, 0.05) is 41.9 Å². The number of quaternary nitrogens is 1. The van der Waals surface area contributed by atoms with Crippen molar-refractivity contribution in [1.82, 2.24) is 16.0 Å². The number of benzene rings is 1. The Morgan fingerprint density at radius 2 is 1.89 bits per heavy atom. The van der Waals surface area contributed by atoms with Crippen LogP contribution in [0.25, 0.3) is 0 Å². The topological polar surface area (TPSA) is 131 Å². The Hall–Kier alpha value is -1.75. The largest absolute Gasteiger partial charge is 0.377 e. The number of hydrogen-bond donors (Lipinski definition) is 6. The van der Waals surface area contributed by atoms with Crippen LogP contribution in [0.4, 0.5) is 11.4 Å². The highest BCUT2D eigenvalue weighted by molar-refractivity contribution is 5.98. The fourth-order valence-corrected chi connectivity index (χ4v) is 1.40. The van der Waals surface area contributed by atoms with E-state index in [1.807, 2.05) is 0 Å². The molecule has 0 unspecified atom stereocenters. The number of carbonyl (C=O) groups excluding carboxylic acids is 1. The zero-order valence-corrected chi connectivity index (χ0v) is 9.95. The van der Waals surface area contributed by atoms with Crippen molar-refractivity contribution in [3.63, 3.8) is 0 Å². The molecule has 18 heavy (non-hydrogen) atoms. The molecule has 7 N–H and O–H groups in total. The van der Waals surface area contributed by atoms with E-state index in [9.17, 15) is 10.0 Å². The highest BCUT2D eigenvalue weighted by Crippen LogP contribution is 2.27. The summed E-state index contributed by atoms with van der Waals surface area (Å²) in [6.45, 7) is 0. The number of anilines is 1. The van der Waals surface area contributed by atoms with Crippen molar-refractivity contribution in [2.24, 2.45) is 5.73 Å². The van der Waals surface area contributed by atoms with Gasteiger partial charge >= 0.3 is 0 Å². The molecule has 0 heterocycles. The van der Waals surface area contributed by atoms with Crippen LogP contribution < -0.4 is 26.7 Å². The maximum atomic E-state index is 11.3. The van der Waals surface area contributed by atoms with E-state index in [1.54, 1.807) is 25.1 Å². The van der Waals surface area contributed by atoms with Crippen LogP contribution in [-0.4, -0.2) is 35.6 Å². The van der Waals surface area contributed by atoms with Gasteiger partial charge in [0.05, 0.1) is 0 Å². The normalized spacial score (nSPS) is 11.4. The van der Waals surface area contributed by atoms with Gasteiger partial charge in [-0.3, -0.25) is 15.2 Å². The maximum Gasteiger partial charge on any atom is 0.255 e. The number of rotatable bonds is 5. The van der Waals surface area contributed by atoms with Crippen LogP contribution in [0.5, 0.6) is 0 Å². The Morgan fingerprint density at radius 1 is 1.33 bits per heavy atom. The fourth-order valence-electron chi connectivity index (χ4n) is 1.40. The van der Waals surface area contributed by atoms with Crippen molar-refractivity contribution in [3.8, 4) is 0 Å². The summed E-state index contributed by atoms with van der Waals surface area (Å²) in [5.41, 5.74) is 8.35. The molecule has 0 aromatic heterocycles. The van der Waals surface area contributed by atoms with Crippen molar-refractivity contribution in [3.05, 3.63) is 23.8 Å². The van der Waals surface area contributed by atoms with Crippen LogP contribution in [0.2, 0.25) is 0 Å². The zero-order chi connectivity index (χ0) is 13.9. The molecule has 9 nitrogen and oxygen atoms in total. The van der Waals surface area contributed by atoms with E-state index in [0.29, 0.717) is 5.69 Å². The molecule has 1 amide bonds. The molecule has 0 saturated heterocycles. The van der Waals surface area contributed by atoms with Gasteiger partial charge in [0.25, 0.3) is 5.91 Å². The lowest BCUT2D eigenvalue weighted by molar-refractivity contribution is -0.290. The van der Waals surface area contributed by atoms with Crippen LogP contribution in [-0.2, 0) is 0 Å². The third-order valence-electron chi connectivity index (χ3n) is 2.40. The summed E-state index contributed by atoms with van der Waals surface area (Å²) in [5, 5.41) is 27.5. The summed E-state index contributed by atoms with van der Waals surface area (Å²) in [4.78, 5) is 11.3. The molecule has 0 saturated carbocycles. The molecule has 1 aromatic carbocycles. The van der Waals surface area contributed by atoms with Crippen molar-refractivity contribution in [1.29, 1.82) is 0 Å². The Bertz CT molecular complexity index is 447. The fraction of sp³-hybridized carbons (Fsp3) is 0.222. The average Bonchev–Trinajstić information content (AvgIpc) is 2.36. The van der Waals surface area contributed by atoms with Crippen LogP contribution in [0, 0.1) is 0 Å². The summed E-state index contributed by atoms with van der Waals surface area (Å²) in [5.74, 6) is -0.822. The van der Waals surface area contributed by atoms with E-state index in [1.165, 1.54) is 23.3 Å². The summed E-state index contributed by atoms with van der Waals surface area (Å²) < 4.78 is 0. The Kier molecular flexibility index (Phi) is 4.19. The van der Waals surface area contributed by atoms with Crippen LogP contribution in [0.1, 0.15) is 10.4 Å². The first-order valence-corrected chi connectivity index (χ1v) is 4.92. The lowest BCUT2D eigenvalue weighted by atomic mass is 10.1. The van der Waals surface area contributed by atoms with Crippen molar-refractivity contribution < 1.29 is 20.4 Å². The number of amides is 1. The van der Waals surface area contributed by atoms with Crippen LogP contribution >= 0.6 is 0 Å². The number of nitrogens with two attached hydrogens (primary N) is 1. The van der Waals surface area contributed by atoms with E-state index in [2.05, 4.69) is 0 Å². The Morgan fingerprint density at radius 3 is 2.28 bits per heavy atom. The summed E-state index contributed by atoms with van der Waals surface area (Å²) in [7, 11) is 3.49. The number of carbonyl (C=O) groups is 1. The van der Waals surface area contributed by atoms with Gasteiger partial charge in [-0.25, -0.2) is 0 Å². The molecule has 1 aromatic rings. The summed E-state index contributed by atoms with van der Waals surface area (Å²) in [6.07, 6.45) is 0. The molecule has 0 spiro atoms. The molecule has 0 atom stereocenters. The molecule has 100 valence electrons. The quantitative estimate of drug-likeness (QED) is 0.305. The smallest absolute Gasteiger partial charge is 0.255 e. The number of nitrogens with one attached hydrogen (secondary N) is 2. The highest BCUT2D eigenvalue weighted by Gasteiger charge is 2.34. The minimum Gasteiger partial charge on any atom is -0.377 e. The maximum absolute atomic E-state index is 11.3. The molecular formula is C9H16N5O4+. The summed E-state index contributed by atoms with van der Waals surface area (Å²) in [6, 6.07) is 4.33. The predicted octanol–water partition coefficient (Wildman–Crippen LogP) is -0.664. The molecule has 0 radical (unpaired) electrons. The third-order valence-corrected chi connectivity index (χ3v) is 2.40. The van der Waals surface area contributed by atoms with Gasteiger partial charge in [0.2, 0.25) is 5.69 Å². The van der Waals surface area contributed by atoms with E-state index in [-0.39, 0.29) is 11.3 Å². The van der Waals surface area contributed by atoms with Gasteiger partial charge < -0.3 is 10.6 Å². The lowest BCUT2D eigenvalue weighted by Crippen LogP contribution is -2.64. The van der Waals surface area contributed by atoms with E-state index in [4.69, 9.17) is 16.1 Å². The first kappa shape index (κ1) is 14.3. The second-order valence-corrected chi connectivity index (χ2v) is 3.80. The first-order chi connectivity index (χ1) is 8.35. The van der Waals surface area contributed by atoms with Gasteiger partial charge in [0.1, 0.15) is 5.56 Å². The summed E-state index contributed by atoms with van der Waals surface area (Å²) >= 11 is 0. The van der Waals surface area contributed by atoms with E-state index < -0.39 is 10.8 Å². The standard InChI is InChI=1S/C9H15N5O4/c1-13(2)6-3-4-7(9(10)15)8(5-6)14(18,11-16)12-17/h3-5,11-12,16-18H,1-2H3,(H-,10,15)/p+1. The van der Waals surface area contributed by atoms with Gasteiger partial charge in [0.15, 0.2) is 0 Å². The van der Waals surface area contributed by atoms with Crippen molar-refractivity contribution >= 4 is 17.3 Å². The van der Waals surface area contributed by atoms with Crippen LogP contribution in [0.3, 0.4) is 0 Å². The molecule has 0 aliphatic carbocycles. The number of primary amides is 1. The second-order valence-electron chi connectivity index (χ2n) is 3.80. The Labute approximate surface area is 103 Å². The number of hydrogen-bond acceptors (Lipinski definition) is 7. The minimum absolute atomic E-state index is 0.0776. The monoisotopic (exact) mass is 258 g/mol. The Balaban J connectivity index is 3.45. The molecule has 1 rings (SSSR count). The van der Waals surface area contributed by atoms with Gasteiger partial charge in [-0.1, -0.05) is 0 Å². The second kappa shape index (κ2) is 5.27. The van der Waals surface area contributed by atoms with Crippen molar-refractivity contribution in [2.45, 2.75) is 0 Å². The predicted molar refractivity (Wildman–Crippen MR) is 62.7 cm³/mol. The minimum atomic E-state index is -1.68. The van der Waals surface area contributed by atoms with E-state index in [0.717, 1.165) is 0 Å². The molecule has 9 heteroatoms. The third kappa shape index (κ3) is 2.56. The molecule has 0 bridgehead atoms. The van der Waals surface area contributed by atoms with Crippen molar-refractivity contribution in [2.75, 3.05) is 19.0 Å². The average molecular weight is 258 g/mol. The lowest BCUT2D eigenvalue weighted by Gasteiger charge is -2.24. The highest BCUT2D eigenvalue weighted by atomic mass is 16.8. The van der Waals surface area contributed by atoms with Gasteiger partial charge in [-0.15, -0.1) is 0 Å². The zero-order valence-electron chi connectivity index (χ0n) is 9.95. The van der Waals surface area contributed by atoms with Gasteiger partial charge in [-0.2, -0.15) is 5.21 Å². The van der Waals surface area contributed by atoms with E-state index >= 15 is 0 Å².